The molecule has 1 aromatic rings. The van der Waals surface area contributed by atoms with E-state index in [0.29, 0.717) is 12.5 Å². The van der Waals surface area contributed by atoms with E-state index in [4.69, 9.17) is 4.74 Å². The van der Waals surface area contributed by atoms with Gasteiger partial charge in [0.25, 0.3) is 0 Å². The first-order valence-electron chi connectivity index (χ1n) is 8.56. The number of carbonyl (C=O) groups is 1. The van der Waals surface area contributed by atoms with Crippen molar-refractivity contribution in [3.63, 3.8) is 0 Å². The first-order valence-corrected chi connectivity index (χ1v) is 8.56. The van der Waals surface area contributed by atoms with Crippen molar-refractivity contribution in [3.05, 3.63) is 29.3 Å². The van der Waals surface area contributed by atoms with Crippen LogP contribution in [0.2, 0.25) is 0 Å². The zero-order valence-electron chi connectivity index (χ0n) is 13.7. The molecule has 2 saturated carbocycles. The molecule has 3 nitrogen and oxygen atoms in total. The minimum atomic E-state index is 0.226. The minimum absolute atomic E-state index is 0.226. The van der Waals surface area contributed by atoms with Crippen LogP contribution in [0.1, 0.15) is 43.2 Å². The van der Waals surface area contributed by atoms with Crippen LogP contribution in [0.4, 0.5) is 0 Å². The lowest BCUT2D eigenvalue weighted by Gasteiger charge is -2.21. The summed E-state index contributed by atoms with van der Waals surface area (Å²) in [4.78, 5) is 12.1. The number of rotatable bonds is 6. The molecule has 0 spiro atoms. The third-order valence-electron chi connectivity index (χ3n) is 5.48. The van der Waals surface area contributed by atoms with Crippen LogP contribution in [-0.4, -0.2) is 19.6 Å². The van der Waals surface area contributed by atoms with Crippen LogP contribution in [0, 0.1) is 24.7 Å². The topological polar surface area (TPSA) is 38.3 Å². The molecule has 2 aliphatic carbocycles. The van der Waals surface area contributed by atoms with E-state index in [0.717, 1.165) is 30.4 Å². The predicted octanol–water partition coefficient (Wildman–Crippen LogP) is 3.49. The Morgan fingerprint density at radius 3 is 2.86 bits per heavy atom. The van der Waals surface area contributed by atoms with Gasteiger partial charge in [0.05, 0.1) is 7.11 Å². The first kappa shape index (κ1) is 15.4. The number of aryl methyl sites for hydroxylation is 1. The Bertz CT molecular complexity index is 540. The maximum absolute atomic E-state index is 12.1. The molecule has 120 valence electrons. The Morgan fingerprint density at radius 1 is 1.32 bits per heavy atom. The van der Waals surface area contributed by atoms with Crippen molar-refractivity contribution in [2.75, 3.05) is 13.7 Å². The maximum Gasteiger partial charge on any atom is 0.220 e. The summed E-state index contributed by atoms with van der Waals surface area (Å²) in [5, 5.41) is 3.09. The molecule has 1 aromatic carbocycles. The second kappa shape index (κ2) is 6.72. The molecule has 0 unspecified atom stereocenters. The average Bonchev–Trinajstić information content (AvgIpc) is 3.10. The van der Waals surface area contributed by atoms with Gasteiger partial charge in [0, 0.05) is 13.0 Å². The number of hydrogen-bond acceptors (Lipinski definition) is 2. The van der Waals surface area contributed by atoms with Gasteiger partial charge < -0.3 is 10.1 Å². The van der Waals surface area contributed by atoms with Gasteiger partial charge in [-0.2, -0.15) is 0 Å². The van der Waals surface area contributed by atoms with Crippen molar-refractivity contribution < 1.29 is 9.53 Å². The molecule has 3 heteroatoms. The van der Waals surface area contributed by atoms with Gasteiger partial charge in [-0.3, -0.25) is 4.79 Å². The second-order valence-corrected chi connectivity index (χ2v) is 7.05. The third kappa shape index (κ3) is 3.45. The molecule has 0 radical (unpaired) electrons. The fraction of sp³-hybridized carbons (Fsp3) is 0.632. The molecular formula is C19H27NO2. The van der Waals surface area contributed by atoms with Crippen LogP contribution in [0.15, 0.2) is 18.2 Å². The fourth-order valence-electron chi connectivity index (χ4n) is 4.38. The van der Waals surface area contributed by atoms with Gasteiger partial charge in [-0.25, -0.2) is 0 Å². The molecule has 1 amide bonds. The monoisotopic (exact) mass is 301 g/mol. The van der Waals surface area contributed by atoms with E-state index in [1.807, 2.05) is 6.07 Å². The molecule has 0 heterocycles. The van der Waals surface area contributed by atoms with Crippen LogP contribution < -0.4 is 10.1 Å². The molecule has 0 aliphatic heterocycles. The highest BCUT2D eigenvalue weighted by Crippen LogP contribution is 2.49. The summed E-state index contributed by atoms with van der Waals surface area (Å²) in [6.07, 6.45) is 6.96. The van der Waals surface area contributed by atoms with Crippen LogP contribution in [0.5, 0.6) is 5.75 Å². The zero-order valence-corrected chi connectivity index (χ0v) is 13.7. The Morgan fingerprint density at radius 2 is 2.18 bits per heavy atom. The number of methoxy groups -OCH3 is 1. The lowest BCUT2D eigenvalue weighted by molar-refractivity contribution is -0.122. The predicted molar refractivity (Wildman–Crippen MR) is 88.0 cm³/mol. The van der Waals surface area contributed by atoms with Crippen molar-refractivity contribution in [1.82, 2.24) is 5.32 Å². The quantitative estimate of drug-likeness (QED) is 0.873. The average molecular weight is 301 g/mol. The third-order valence-corrected chi connectivity index (χ3v) is 5.48. The van der Waals surface area contributed by atoms with E-state index in [1.54, 1.807) is 7.11 Å². The number of benzene rings is 1. The smallest absolute Gasteiger partial charge is 0.220 e. The summed E-state index contributed by atoms with van der Waals surface area (Å²) < 4.78 is 5.39. The lowest BCUT2D eigenvalue weighted by atomic mass is 9.86. The highest BCUT2D eigenvalue weighted by atomic mass is 16.5. The highest BCUT2D eigenvalue weighted by molar-refractivity contribution is 5.76. The Labute approximate surface area is 133 Å². The summed E-state index contributed by atoms with van der Waals surface area (Å²) in [5.74, 6) is 3.52. The Hall–Kier alpha value is -1.51. The SMILES string of the molecule is COc1ccc(C)cc1CCNC(=O)C[C@@H]1C[C@H]2CC[C@@H]1C2. The van der Waals surface area contributed by atoms with Crippen molar-refractivity contribution in [2.24, 2.45) is 17.8 Å². The number of ether oxygens (including phenoxy) is 1. The van der Waals surface area contributed by atoms with E-state index in [2.05, 4.69) is 24.4 Å². The van der Waals surface area contributed by atoms with E-state index >= 15 is 0 Å². The summed E-state index contributed by atoms with van der Waals surface area (Å²) >= 11 is 0. The van der Waals surface area contributed by atoms with E-state index in [-0.39, 0.29) is 5.91 Å². The van der Waals surface area contributed by atoms with Gasteiger partial charge in [0.2, 0.25) is 5.91 Å². The van der Waals surface area contributed by atoms with Crippen LogP contribution in [0.25, 0.3) is 0 Å². The van der Waals surface area contributed by atoms with Crippen molar-refractivity contribution in [3.8, 4) is 5.75 Å². The number of fused-ring (bicyclic) bond motifs is 2. The summed E-state index contributed by atoms with van der Waals surface area (Å²) in [7, 11) is 1.70. The number of carbonyl (C=O) groups excluding carboxylic acids is 1. The molecule has 3 atom stereocenters. The van der Waals surface area contributed by atoms with E-state index in [9.17, 15) is 4.79 Å². The van der Waals surface area contributed by atoms with Crippen molar-refractivity contribution in [2.45, 2.75) is 45.4 Å². The van der Waals surface area contributed by atoms with Crippen LogP contribution >= 0.6 is 0 Å². The standard InChI is InChI=1S/C19H27NO2/c1-13-3-6-18(22-2)16(9-13)7-8-20-19(21)12-17-11-14-4-5-15(17)10-14/h3,6,9,14-15,17H,4-5,7-8,10-12H2,1-2H3,(H,20,21)/t14-,15+,17-/m0/s1. The van der Waals surface area contributed by atoms with E-state index in [1.165, 1.54) is 36.8 Å². The lowest BCUT2D eigenvalue weighted by Crippen LogP contribution is -2.29. The Kier molecular flexibility index (Phi) is 4.70. The van der Waals surface area contributed by atoms with Crippen LogP contribution in [-0.2, 0) is 11.2 Å². The van der Waals surface area contributed by atoms with Gasteiger partial charge in [0.1, 0.15) is 5.75 Å². The second-order valence-electron chi connectivity index (χ2n) is 7.05. The normalized spacial score (nSPS) is 26.2. The maximum atomic E-state index is 12.1. The Balaban J connectivity index is 1.45. The molecular weight excluding hydrogens is 274 g/mol. The molecule has 2 bridgehead atoms. The highest BCUT2D eigenvalue weighted by Gasteiger charge is 2.39. The number of nitrogens with one attached hydrogen (secondary N) is 1. The van der Waals surface area contributed by atoms with Crippen LogP contribution in [0.3, 0.4) is 0 Å². The van der Waals surface area contributed by atoms with Gasteiger partial charge in [-0.15, -0.1) is 0 Å². The van der Waals surface area contributed by atoms with Gasteiger partial charge in [-0.1, -0.05) is 24.1 Å². The molecule has 0 aromatic heterocycles. The largest absolute Gasteiger partial charge is 0.496 e. The summed E-state index contributed by atoms with van der Waals surface area (Å²) in [6.45, 7) is 2.77. The van der Waals surface area contributed by atoms with Gasteiger partial charge >= 0.3 is 0 Å². The van der Waals surface area contributed by atoms with E-state index < -0.39 is 0 Å². The summed E-state index contributed by atoms with van der Waals surface area (Å²) in [5.41, 5.74) is 2.40. The number of hydrogen-bond donors (Lipinski definition) is 1. The first-order chi connectivity index (χ1) is 10.7. The zero-order chi connectivity index (χ0) is 15.5. The molecule has 1 N–H and O–H groups in total. The molecule has 3 rings (SSSR count). The molecule has 2 aliphatic rings. The molecule has 0 saturated heterocycles. The molecule has 2 fully saturated rings. The molecule has 22 heavy (non-hydrogen) atoms. The minimum Gasteiger partial charge on any atom is -0.496 e. The van der Waals surface area contributed by atoms with Crippen molar-refractivity contribution >= 4 is 5.91 Å². The van der Waals surface area contributed by atoms with Crippen molar-refractivity contribution in [1.29, 1.82) is 0 Å². The number of amides is 1. The van der Waals surface area contributed by atoms with Gasteiger partial charge in [-0.05, 0) is 62.0 Å². The summed E-state index contributed by atoms with van der Waals surface area (Å²) in [6, 6.07) is 6.19. The fourth-order valence-corrected chi connectivity index (χ4v) is 4.38. The van der Waals surface area contributed by atoms with Gasteiger partial charge in [0.15, 0.2) is 0 Å².